The molecule has 3 aromatic rings. The quantitative estimate of drug-likeness (QED) is 0.618. The molecule has 0 saturated carbocycles. The third-order valence-electron chi connectivity index (χ3n) is 5.23. The van der Waals surface area contributed by atoms with Gasteiger partial charge in [0, 0.05) is 38.6 Å². The number of anilines is 1. The van der Waals surface area contributed by atoms with Crippen LogP contribution >= 0.6 is 0 Å². The number of piperazine rings is 1. The number of hydrogen-bond acceptors (Lipinski definition) is 6. The summed E-state index contributed by atoms with van der Waals surface area (Å²) in [6, 6.07) is 19.0. The SMILES string of the molecule is N#Cc1cccnc1N1CCN(C(=O)Cc2ccc(OCc3ccccn3)cc2)CC1. The second kappa shape index (κ2) is 9.72. The van der Waals surface area contributed by atoms with Gasteiger partial charge in [0.2, 0.25) is 5.91 Å². The summed E-state index contributed by atoms with van der Waals surface area (Å²) < 4.78 is 5.75. The molecule has 2 aromatic heterocycles. The third kappa shape index (κ3) is 5.17. The zero-order valence-electron chi connectivity index (χ0n) is 17.1. The van der Waals surface area contributed by atoms with Gasteiger partial charge >= 0.3 is 0 Å². The van der Waals surface area contributed by atoms with Crippen molar-refractivity contribution in [1.82, 2.24) is 14.9 Å². The van der Waals surface area contributed by atoms with Crippen molar-refractivity contribution in [3.8, 4) is 11.8 Å². The van der Waals surface area contributed by atoms with Crippen LogP contribution in [0.15, 0.2) is 67.0 Å². The molecule has 1 amide bonds. The fourth-order valence-electron chi connectivity index (χ4n) is 3.53. The Labute approximate surface area is 181 Å². The summed E-state index contributed by atoms with van der Waals surface area (Å²) in [5.41, 5.74) is 2.38. The summed E-state index contributed by atoms with van der Waals surface area (Å²) in [5, 5.41) is 9.27. The predicted molar refractivity (Wildman–Crippen MR) is 116 cm³/mol. The monoisotopic (exact) mass is 413 g/mol. The van der Waals surface area contributed by atoms with Gasteiger partial charge in [-0.2, -0.15) is 5.26 Å². The number of benzene rings is 1. The van der Waals surface area contributed by atoms with Crippen molar-refractivity contribution >= 4 is 11.7 Å². The second-order valence-corrected chi connectivity index (χ2v) is 7.28. The first-order chi connectivity index (χ1) is 15.2. The Morgan fingerprint density at radius 3 is 2.45 bits per heavy atom. The van der Waals surface area contributed by atoms with Crippen LogP contribution in [0.4, 0.5) is 5.82 Å². The van der Waals surface area contributed by atoms with Gasteiger partial charge in [0.25, 0.3) is 0 Å². The molecule has 0 N–H and O–H groups in total. The van der Waals surface area contributed by atoms with Gasteiger partial charge in [0.15, 0.2) is 0 Å². The van der Waals surface area contributed by atoms with Crippen LogP contribution in [-0.2, 0) is 17.8 Å². The van der Waals surface area contributed by atoms with E-state index in [0.717, 1.165) is 17.0 Å². The summed E-state index contributed by atoms with van der Waals surface area (Å²) >= 11 is 0. The van der Waals surface area contributed by atoms with Gasteiger partial charge in [0.1, 0.15) is 24.2 Å². The van der Waals surface area contributed by atoms with E-state index < -0.39 is 0 Å². The molecule has 7 heteroatoms. The van der Waals surface area contributed by atoms with Gasteiger partial charge in [0.05, 0.1) is 17.7 Å². The minimum atomic E-state index is 0.100. The molecule has 0 spiro atoms. The van der Waals surface area contributed by atoms with E-state index in [1.165, 1.54) is 0 Å². The standard InChI is InChI=1S/C24H23N5O2/c25-17-20-4-3-11-27-24(20)29-14-12-28(13-15-29)23(30)16-19-6-8-22(9-7-19)31-18-21-5-1-2-10-26-21/h1-11H,12-16,18H2. The van der Waals surface area contributed by atoms with Crippen molar-refractivity contribution in [3.63, 3.8) is 0 Å². The van der Waals surface area contributed by atoms with Crippen molar-refractivity contribution in [3.05, 3.63) is 83.8 Å². The molecular formula is C24H23N5O2. The maximum atomic E-state index is 12.7. The minimum Gasteiger partial charge on any atom is -0.487 e. The highest BCUT2D eigenvalue weighted by atomic mass is 16.5. The molecule has 1 aromatic carbocycles. The maximum absolute atomic E-state index is 12.7. The number of hydrogen-bond donors (Lipinski definition) is 0. The number of carbonyl (C=O) groups excluding carboxylic acids is 1. The van der Waals surface area contributed by atoms with E-state index in [1.54, 1.807) is 24.5 Å². The van der Waals surface area contributed by atoms with Crippen LogP contribution in [0.3, 0.4) is 0 Å². The van der Waals surface area contributed by atoms with Crippen molar-refractivity contribution in [2.75, 3.05) is 31.1 Å². The van der Waals surface area contributed by atoms with E-state index in [4.69, 9.17) is 4.74 Å². The number of nitrogens with zero attached hydrogens (tertiary/aromatic N) is 5. The van der Waals surface area contributed by atoms with Crippen LogP contribution in [0.5, 0.6) is 5.75 Å². The Morgan fingerprint density at radius 1 is 0.968 bits per heavy atom. The van der Waals surface area contributed by atoms with Crippen LogP contribution in [-0.4, -0.2) is 47.0 Å². The lowest BCUT2D eigenvalue weighted by Gasteiger charge is -2.35. The van der Waals surface area contributed by atoms with Gasteiger partial charge < -0.3 is 14.5 Å². The van der Waals surface area contributed by atoms with Crippen LogP contribution < -0.4 is 9.64 Å². The molecule has 0 atom stereocenters. The van der Waals surface area contributed by atoms with Gasteiger partial charge in [-0.1, -0.05) is 18.2 Å². The maximum Gasteiger partial charge on any atom is 0.227 e. The average molecular weight is 413 g/mol. The molecule has 0 aliphatic carbocycles. The van der Waals surface area contributed by atoms with Crippen molar-refractivity contribution in [2.24, 2.45) is 0 Å². The van der Waals surface area contributed by atoms with Crippen molar-refractivity contribution in [1.29, 1.82) is 5.26 Å². The van der Waals surface area contributed by atoms with Crippen LogP contribution in [0.2, 0.25) is 0 Å². The summed E-state index contributed by atoms with van der Waals surface area (Å²) in [6.07, 6.45) is 3.79. The molecule has 0 bridgehead atoms. The van der Waals surface area contributed by atoms with Crippen LogP contribution in [0.1, 0.15) is 16.8 Å². The van der Waals surface area contributed by atoms with Gasteiger partial charge in [-0.25, -0.2) is 4.98 Å². The molecule has 1 aliphatic rings. The zero-order chi connectivity index (χ0) is 21.5. The number of ether oxygens (including phenoxy) is 1. The molecule has 0 unspecified atom stereocenters. The van der Waals surface area contributed by atoms with Gasteiger partial charge in [-0.3, -0.25) is 9.78 Å². The highest BCUT2D eigenvalue weighted by Crippen LogP contribution is 2.19. The highest BCUT2D eigenvalue weighted by Gasteiger charge is 2.23. The zero-order valence-corrected chi connectivity index (χ0v) is 17.1. The fourth-order valence-corrected chi connectivity index (χ4v) is 3.53. The minimum absolute atomic E-state index is 0.100. The van der Waals surface area contributed by atoms with Gasteiger partial charge in [-0.05, 0) is 42.0 Å². The summed E-state index contributed by atoms with van der Waals surface area (Å²) in [6.45, 7) is 2.97. The molecule has 3 heterocycles. The molecule has 1 aliphatic heterocycles. The largest absolute Gasteiger partial charge is 0.487 e. The Balaban J connectivity index is 1.27. The molecule has 0 radical (unpaired) electrons. The normalized spacial score (nSPS) is 13.5. The molecule has 4 rings (SSSR count). The lowest BCUT2D eigenvalue weighted by atomic mass is 10.1. The number of carbonyl (C=O) groups is 1. The molecule has 156 valence electrons. The van der Waals surface area contributed by atoms with E-state index >= 15 is 0 Å². The average Bonchev–Trinajstić information content (AvgIpc) is 2.84. The highest BCUT2D eigenvalue weighted by molar-refractivity contribution is 5.79. The van der Waals surface area contributed by atoms with E-state index in [9.17, 15) is 10.1 Å². The van der Waals surface area contributed by atoms with E-state index in [2.05, 4.69) is 20.9 Å². The Morgan fingerprint density at radius 2 is 1.74 bits per heavy atom. The number of rotatable bonds is 6. The van der Waals surface area contributed by atoms with E-state index in [-0.39, 0.29) is 5.91 Å². The summed E-state index contributed by atoms with van der Waals surface area (Å²) in [7, 11) is 0. The molecule has 1 saturated heterocycles. The lowest BCUT2D eigenvalue weighted by Crippen LogP contribution is -2.49. The Kier molecular flexibility index (Phi) is 6.38. The first kappa shape index (κ1) is 20.4. The molecular weight excluding hydrogens is 390 g/mol. The summed E-state index contributed by atoms with van der Waals surface area (Å²) in [4.78, 5) is 25.2. The molecule has 1 fully saturated rings. The molecule has 31 heavy (non-hydrogen) atoms. The Hall–Kier alpha value is -3.92. The topological polar surface area (TPSA) is 82.4 Å². The molecule has 7 nitrogen and oxygen atoms in total. The van der Waals surface area contributed by atoms with Crippen LogP contribution in [0.25, 0.3) is 0 Å². The number of nitriles is 1. The lowest BCUT2D eigenvalue weighted by molar-refractivity contribution is -0.130. The van der Waals surface area contributed by atoms with Crippen molar-refractivity contribution in [2.45, 2.75) is 13.0 Å². The van der Waals surface area contributed by atoms with Crippen molar-refractivity contribution < 1.29 is 9.53 Å². The summed E-state index contributed by atoms with van der Waals surface area (Å²) in [5.74, 6) is 1.54. The smallest absolute Gasteiger partial charge is 0.227 e. The van der Waals surface area contributed by atoms with E-state index in [0.29, 0.717) is 50.6 Å². The van der Waals surface area contributed by atoms with Crippen LogP contribution in [0, 0.1) is 11.3 Å². The predicted octanol–water partition coefficient (Wildman–Crippen LogP) is 2.82. The number of amides is 1. The van der Waals surface area contributed by atoms with Gasteiger partial charge in [-0.15, -0.1) is 0 Å². The Bertz CT molecular complexity index is 1060. The first-order valence-corrected chi connectivity index (χ1v) is 10.2. The third-order valence-corrected chi connectivity index (χ3v) is 5.23. The second-order valence-electron chi connectivity index (χ2n) is 7.28. The van der Waals surface area contributed by atoms with E-state index in [1.807, 2.05) is 47.4 Å². The number of aromatic nitrogens is 2. The number of pyridine rings is 2. The fraction of sp³-hybridized carbons (Fsp3) is 0.250. The first-order valence-electron chi connectivity index (χ1n) is 10.2.